The first-order chi connectivity index (χ1) is 16.6. The number of methoxy groups -OCH3 is 3. The first kappa shape index (κ1) is 25.1. The van der Waals surface area contributed by atoms with Gasteiger partial charge in [-0.25, -0.2) is 0 Å². The van der Waals surface area contributed by atoms with Crippen molar-refractivity contribution < 1.29 is 19.0 Å². The lowest BCUT2D eigenvalue weighted by Gasteiger charge is -2.42. The summed E-state index contributed by atoms with van der Waals surface area (Å²) < 4.78 is 16.5. The van der Waals surface area contributed by atoms with Crippen molar-refractivity contribution in [2.45, 2.75) is 57.9 Å². The summed E-state index contributed by atoms with van der Waals surface area (Å²) in [6, 6.07) is 14.0. The van der Waals surface area contributed by atoms with Crippen LogP contribution in [0.1, 0.15) is 66.9 Å². The molecule has 0 aliphatic heterocycles. The molecule has 0 spiro atoms. The third-order valence-corrected chi connectivity index (χ3v) is 8.32. The maximum Gasteiger partial charge on any atom is 0.261 e. The lowest BCUT2D eigenvalue weighted by molar-refractivity contribution is 0.0954. The zero-order valence-electron chi connectivity index (χ0n) is 21.7. The number of carbonyl (C=O) groups is 1. The van der Waals surface area contributed by atoms with E-state index in [0.29, 0.717) is 22.9 Å². The van der Waals surface area contributed by atoms with Gasteiger partial charge in [-0.3, -0.25) is 4.79 Å². The van der Waals surface area contributed by atoms with Crippen LogP contribution >= 0.6 is 11.3 Å². The molecule has 1 heterocycles. The molecule has 4 rings (SSSR count). The average Bonchev–Trinajstić information content (AvgIpc) is 3.35. The Morgan fingerprint density at radius 1 is 0.857 bits per heavy atom. The summed E-state index contributed by atoms with van der Waals surface area (Å²) in [6.45, 7) is 9.62. The predicted molar refractivity (Wildman–Crippen MR) is 142 cm³/mol. The Morgan fingerprint density at radius 3 is 2.14 bits per heavy atom. The molecule has 0 radical (unpaired) electrons. The summed E-state index contributed by atoms with van der Waals surface area (Å²) >= 11 is 1.48. The molecule has 0 unspecified atom stereocenters. The van der Waals surface area contributed by atoms with Gasteiger partial charge in [0.25, 0.3) is 5.91 Å². The number of nitrogens with one attached hydrogen (secondary N) is 1. The molecule has 1 aliphatic carbocycles. The van der Waals surface area contributed by atoms with Crippen molar-refractivity contribution in [3.8, 4) is 27.7 Å². The molecule has 2 aromatic carbocycles. The maximum absolute atomic E-state index is 13.0. The number of carbonyl (C=O) groups excluding carboxylic acids is 1. The fourth-order valence-electron chi connectivity index (χ4n) is 4.82. The summed E-state index contributed by atoms with van der Waals surface area (Å²) in [6.07, 6.45) is 2.30. The molecule has 186 valence electrons. The molecule has 0 fully saturated rings. The van der Waals surface area contributed by atoms with E-state index in [4.69, 9.17) is 14.2 Å². The highest BCUT2D eigenvalue weighted by atomic mass is 32.1. The second kappa shape index (κ2) is 9.57. The molecule has 0 atom stereocenters. The second-order valence-electron chi connectivity index (χ2n) is 10.4. The normalized spacial score (nSPS) is 15.7. The van der Waals surface area contributed by atoms with E-state index >= 15 is 0 Å². The maximum atomic E-state index is 13.0. The zero-order chi connectivity index (χ0) is 25.4. The van der Waals surface area contributed by atoms with E-state index in [2.05, 4.69) is 45.1 Å². The Hall–Kier alpha value is -2.99. The monoisotopic (exact) mass is 493 g/mol. The number of rotatable bonds is 7. The van der Waals surface area contributed by atoms with Crippen molar-refractivity contribution in [3.05, 3.63) is 64.0 Å². The standard InChI is InChI=1S/C29H35NO4S/c1-28(2)12-13-29(3,4)22-16-24(34-7)20(15-21(22)28)25-10-11-26(35-25)27(31)30-17-18-8-9-19(32-5)14-23(18)33-6/h8-11,14-16H,12-13,17H2,1-7H3,(H,30,31). The van der Waals surface area contributed by atoms with Gasteiger partial charge in [-0.1, -0.05) is 27.7 Å². The minimum Gasteiger partial charge on any atom is -0.497 e. The van der Waals surface area contributed by atoms with Crippen molar-refractivity contribution in [2.24, 2.45) is 0 Å². The van der Waals surface area contributed by atoms with Crippen LogP contribution in [0, 0.1) is 0 Å². The fraction of sp³-hybridized carbons (Fsp3) is 0.414. The molecule has 1 N–H and O–H groups in total. The van der Waals surface area contributed by atoms with Crippen LogP contribution in [-0.4, -0.2) is 27.2 Å². The molecule has 1 aliphatic rings. The van der Waals surface area contributed by atoms with Crippen LogP contribution in [0.25, 0.3) is 10.4 Å². The van der Waals surface area contributed by atoms with E-state index in [1.54, 1.807) is 21.3 Å². The van der Waals surface area contributed by atoms with E-state index in [-0.39, 0.29) is 16.7 Å². The van der Waals surface area contributed by atoms with E-state index < -0.39 is 0 Å². The summed E-state index contributed by atoms with van der Waals surface area (Å²) in [4.78, 5) is 14.6. The van der Waals surface area contributed by atoms with Gasteiger partial charge in [-0.2, -0.15) is 0 Å². The van der Waals surface area contributed by atoms with Gasteiger partial charge in [-0.15, -0.1) is 11.3 Å². The largest absolute Gasteiger partial charge is 0.497 e. The third-order valence-electron chi connectivity index (χ3n) is 7.20. The fourth-order valence-corrected chi connectivity index (χ4v) is 5.76. The minimum absolute atomic E-state index is 0.0980. The summed E-state index contributed by atoms with van der Waals surface area (Å²) in [5, 5.41) is 3.01. The topological polar surface area (TPSA) is 56.8 Å². The van der Waals surface area contributed by atoms with E-state index in [1.807, 2.05) is 30.3 Å². The Balaban J connectivity index is 1.59. The lowest BCUT2D eigenvalue weighted by atomic mass is 9.63. The van der Waals surface area contributed by atoms with Gasteiger partial charge in [0.1, 0.15) is 17.2 Å². The molecule has 0 saturated carbocycles. The van der Waals surface area contributed by atoms with Crippen LogP contribution < -0.4 is 19.5 Å². The number of fused-ring (bicyclic) bond motifs is 1. The van der Waals surface area contributed by atoms with E-state index in [1.165, 1.54) is 22.5 Å². The molecule has 5 nitrogen and oxygen atoms in total. The molecule has 0 saturated heterocycles. The van der Waals surface area contributed by atoms with Crippen LogP contribution in [-0.2, 0) is 17.4 Å². The number of hydrogen-bond donors (Lipinski definition) is 1. The number of benzene rings is 2. The van der Waals surface area contributed by atoms with Crippen LogP contribution in [0.2, 0.25) is 0 Å². The first-order valence-electron chi connectivity index (χ1n) is 11.9. The Kier molecular flexibility index (Phi) is 6.87. The molecule has 35 heavy (non-hydrogen) atoms. The molecule has 3 aromatic rings. The second-order valence-corrected chi connectivity index (χ2v) is 11.5. The molecule has 6 heteroatoms. The zero-order valence-corrected chi connectivity index (χ0v) is 22.5. The van der Waals surface area contributed by atoms with E-state index in [0.717, 1.165) is 34.6 Å². The van der Waals surface area contributed by atoms with Crippen molar-refractivity contribution in [1.82, 2.24) is 5.32 Å². The van der Waals surface area contributed by atoms with Gasteiger partial charge in [-0.05, 0) is 71.2 Å². The highest BCUT2D eigenvalue weighted by molar-refractivity contribution is 7.17. The van der Waals surface area contributed by atoms with Crippen molar-refractivity contribution in [3.63, 3.8) is 0 Å². The van der Waals surface area contributed by atoms with Crippen molar-refractivity contribution in [1.29, 1.82) is 0 Å². The average molecular weight is 494 g/mol. The van der Waals surface area contributed by atoms with Crippen molar-refractivity contribution >= 4 is 17.2 Å². The van der Waals surface area contributed by atoms with Crippen molar-refractivity contribution in [2.75, 3.05) is 21.3 Å². The Labute approximate surface area is 212 Å². The van der Waals surface area contributed by atoms with Crippen LogP contribution in [0.4, 0.5) is 0 Å². The van der Waals surface area contributed by atoms with Crippen LogP contribution in [0.15, 0.2) is 42.5 Å². The molecular formula is C29H35NO4S. The van der Waals surface area contributed by atoms with Gasteiger partial charge < -0.3 is 19.5 Å². The van der Waals surface area contributed by atoms with Gasteiger partial charge in [0.05, 0.1) is 26.2 Å². The molecule has 1 amide bonds. The lowest BCUT2D eigenvalue weighted by Crippen LogP contribution is -2.33. The SMILES string of the molecule is COc1ccc(CNC(=O)c2ccc(-c3cc4c(cc3OC)C(C)(C)CCC4(C)C)s2)c(OC)c1. The highest BCUT2D eigenvalue weighted by Gasteiger charge is 2.38. The van der Waals surface area contributed by atoms with Crippen LogP contribution in [0.5, 0.6) is 17.2 Å². The Bertz CT molecular complexity index is 1240. The summed E-state index contributed by atoms with van der Waals surface area (Å²) in [5.41, 5.74) is 4.87. The minimum atomic E-state index is -0.113. The van der Waals surface area contributed by atoms with Gasteiger partial charge in [0, 0.05) is 28.6 Å². The van der Waals surface area contributed by atoms with E-state index in [9.17, 15) is 4.79 Å². The number of thiophene rings is 1. The third kappa shape index (κ3) is 4.90. The Morgan fingerprint density at radius 2 is 1.51 bits per heavy atom. The molecule has 1 aromatic heterocycles. The molecular weight excluding hydrogens is 458 g/mol. The van der Waals surface area contributed by atoms with Gasteiger partial charge in [0.15, 0.2) is 0 Å². The number of hydrogen-bond acceptors (Lipinski definition) is 5. The molecule has 0 bridgehead atoms. The first-order valence-corrected chi connectivity index (χ1v) is 12.7. The predicted octanol–water partition coefficient (Wildman–Crippen LogP) is 6.72. The quantitative estimate of drug-likeness (QED) is 0.397. The highest BCUT2D eigenvalue weighted by Crippen LogP contribution is 2.49. The summed E-state index contributed by atoms with van der Waals surface area (Å²) in [5.74, 6) is 2.13. The van der Waals surface area contributed by atoms with Gasteiger partial charge >= 0.3 is 0 Å². The number of ether oxygens (including phenoxy) is 3. The van der Waals surface area contributed by atoms with Gasteiger partial charge in [0.2, 0.25) is 0 Å². The number of amides is 1. The summed E-state index contributed by atoms with van der Waals surface area (Å²) in [7, 11) is 4.94. The van der Waals surface area contributed by atoms with Crippen LogP contribution in [0.3, 0.4) is 0 Å². The smallest absolute Gasteiger partial charge is 0.261 e.